The van der Waals surface area contributed by atoms with Crippen molar-refractivity contribution in [2.75, 3.05) is 4.90 Å². The zero-order chi connectivity index (χ0) is 34.0. The van der Waals surface area contributed by atoms with Crippen LogP contribution in [0.5, 0.6) is 0 Å². The van der Waals surface area contributed by atoms with E-state index in [0.717, 1.165) is 23.7 Å². The number of hydrogen-bond donors (Lipinski definition) is 0. The smallest absolute Gasteiger partial charge is 0.0476 e. The summed E-state index contributed by atoms with van der Waals surface area (Å²) in [5.74, 6) is 3.45. The van der Waals surface area contributed by atoms with Crippen LogP contribution in [0.2, 0.25) is 0 Å². The summed E-state index contributed by atoms with van der Waals surface area (Å²) in [5.41, 5.74) is 12.6. The van der Waals surface area contributed by atoms with Crippen molar-refractivity contribution in [2.45, 2.75) is 37.5 Å². The Morgan fingerprint density at radius 2 is 1.10 bits per heavy atom. The highest BCUT2D eigenvalue weighted by Crippen LogP contribution is 2.70. The zero-order valence-corrected chi connectivity index (χ0v) is 30.0. The number of thiophene rings is 1. The van der Waals surface area contributed by atoms with Crippen LogP contribution in [-0.4, -0.2) is 0 Å². The molecular formula is C50H39NS. The van der Waals surface area contributed by atoms with E-state index in [4.69, 9.17) is 0 Å². The van der Waals surface area contributed by atoms with Gasteiger partial charge in [-0.2, -0.15) is 0 Å². The molecule has 0 aliphatic heterocycles. The van der Waals surface area contributed by atoms with Crippen LogP contribution in [0, 0.1) is 23.7 Å². The molecule has 4 saturated carbocycles. The molecule has 2 heteroatoms. The molecule has 1 aromatic heterocycles. The van der Waals surface area contributed by atoms with E-state index < -0.39 is 0 Å². The minimum atomic E-state index is 0.188. The lowest BCUT2D eigenvalue weighted by molar-refractivity contribution is -0.0399. The topological polar surface area (TPSA) is 3.24 Å². The average Bonchev–Trinajstić information content (AvgIpc) is 3.71. The van der Waals surface area contributed by atoms with Gasteiger partial charge in [-0.1, -0.05) is 109 Å². The Kier molecular flexibility index (Phi) is 6.17. The molecule has 52 heavy (non-hydrogen) atoms. The molecule has 0 radical (unpaired) electrons. The molecule has 1 heterocycles. The molecule has 0 amide bonds. The maximum Gasteiger partial charge on any atom is 0.0476 e. The standard InChI is InChI=1S/C50H39NS/c1-2-9-35-29-39(21-16-33(35)8-1)51(40-22-23-43-42-10-4-6-15-47(42)52-48(43)30-40)38-19-17-34(18-20-38)41-12-7-14-46-49(41)44-11-3-5-13-45(44)50(46)36-25-31-24-32(27-36)28-37(50)26-31/h1-23,29-32,36-37H,24-28H2. The van der Waals surface area contributed by atoms with E-state index in [0.29, 0.717) is 0 Å². The summed E-state index contributed by atoms with van der Waals surface area (Å²) in [4.78, 5) is 2.44. The third kappa shape index (κ3) is 4.05. The van der Waals surface area contributed by atoms with Crippen molar-refractivity contribution >= 4 is 59.3 Å². The van der Waals surface area contributed by atoms with E-state index in [2.05, 4.69) is 157 Å². The Labute approximate surface area is 309 Å². The number of hydrogen-bond acceptors (Lipinski definition) is 2. The monoisotopic (exact) mass is 685 g/mol. The van der Waals surface area contributed by atoms with Crippen molar-refractivity contribution in [1.29, 1.82) is 0 Å². The molecule has 0 N–H and O–H groups in total. The molecule has 0 saturated heterocycles. The van der Waals surface area contributed by atoms with Crippen LogP contribution in [0.25, 0.3) is 53.2 Å². The SMILES string of the molecule is c1ccc2c(c1)-c1c(-c3ccc(N(c4ccc5ccccc5c4)c4ccc5c(c4)sc4ccccc45)cc3)cccc1C21C2CC3CC(C2)CC1C3. The number of fused-ring (bicyclic) bond motifs is 7. The highest BCUT2D eigenvalue weighted by molar-refractivity contribution is 7.25. The van der Waals surface area contributed by atoms with Gasteiger partial charge in [0, 0.05) is 42.6 Å². The maximum atomic E-state index is 2.51. The second-order valence-electron chi connectivity index (χ2n) is 16.1. The van der Waals surface area contributed by atoms with Gasteiger partial charge in [0.2, 0.25) is 0 Å². The van der Waals surface area contributed by atoms with Crippen molar-refractivity contribution in [2.24, 2.45) is 23.7 Å². The molecule has 13 rings (SSSR count). The summed E-state index contributed by atoms with van der Waals surface area (Å²) >= 11 is 1.88. The number of benzene rings is 7. The van der Waals surface area contributed by atoms with E-state index in [1.165, 1.54) is 102 Å². The van der Waals surface area contributed by atoms with Crippen LogP contribution >= 0.6 is 11.3 Å². The predicted molar refractivity (Wildman–Crippen MR) is 220 cm³/mol. The van der Waals surface area contributed by atoms with Crippen LogP contribution in [0.3, 0.4) is 0 Å². The second kappa shape index (κ2) is 10.9. The van der Waals surface area contributed by atoms with Crippen LogP contribution in [-0.2, 0) is 5.41 Å². The summed E-state index contributed by atoms with van der Waals surface area (Å²) in [6.45, 7) is 0. The van der Waals surface area contributed by atoms with E-state index >= 15 is 0 Å². The van der Waals surface area contributed by atoms with Crippen LogP contribution in [0.1, 0.15) is 43.2 Å². The van der Waals surface area contributed by atoms with Crippen LogP contribution < -0.4 is 4.90 Å². The Morgan fingerprint density at radius 3 is 1.94 bits per heavy atom. The molecule has 4 bridgehead atoms. The van der Waals surface area contributed by atoms with Crippen molar-refractivity contribution in [3.8, 4) is 22.3 Å². The Bertz CT molecular complexity index is 2690. The summed E-state index contributed by atoms with van der Waals surface area (Å²) in [5, 5.41) is 5.18. The van der Waals surface area contributed by atoms with Gasteiger partial charge < -0.3 is 4.90 Å². The minimum absolute atomic E-state index is 0.188. The predicted octanol–water partition coefficient (Wildman–Crippen LogP) is 14.1. The Hall–Kier alpha value is -5.18. The lowest BCUT2D eigenvalue weighted by Gasteiger charge is -2.61. The van der Waals surface area contributed by atoms with Crippen molar-refractivity contribution in [3.63, 3.8) is 0 Å². The fourth-order valence-corrected chi connectivity index (χ4v) is 13.0. The minimum Gasteiger partial charge on any atom is -0.310 e. The van der Waals surface area contributed by atoms with Gasteiger partial charge >= 0.3 is 0 Å². The first-order valence-electron chi connectivity index (χ1n) is 19.3. The molecule has 1 nitrogen and oxygen atoms in total. The van der Waals surface area contributed by atoms with Gasteiger partial charge in [0.25, 0.3) is 0 Å². The third-order valence-corrected chi connectivity index (χ3v) is 14.8. The average molecular weight is 686 g/mol. The van der Waals surface area contributed by atoms with Gasteiger partial charge in [0.15, 0.2) is 0 Å². The molecule has 5 aliphatic rings. The molecule has 0 unspecified atom stereocenters. The first-order chi connectivity index (χ1) is 25.7. The highest BCUT2D eigenvalue weighted by atomic mass is 32.1. The van der Waals surface area contributed by atoms with Gasteiger partial charge in [-0.15, -0.1) is 11.3 Å². The normalized spacial score (nSPS) is 23.8. The van der Waals surface area contributed by atoms with Gasteiger partial charge in [-0.3, -0.25) is 0 Å². The summed E-state index contributed by atoms with van der Waals surface area (Å²) in [6.07, 6.45) is 7.14. The van der Waals surface area contributed by atoms with Gasteiger partial charge in [-0.25, -0.2) is 0 Å². The quantitative estimate of drug-likeness (QED) is 0.178. The maximum absolute atomic E-state index is 2.51. The van der Waals surface area contributed by atoms with Gasteiger partial charge in [0.05, 0.1) is 0 Å². The fraction of sp³-hybridized carbons (Fsp3) is 0.200. The van der Waals surface area contributed by atoms with E-state index in [9.17, 15) is 0 Å². The van der Waals surface area contributed by atoms with E-state index in [1.54, 1.807) is 11.1 Å². The first-order valence-corrected chi connectivity index (χ1v) is 20.1. The highest BCUT2D eigenvalue weighted by Gasteiger charge is 2.61. The number of rotatable bonds is 4. The molecule has 8 aromatic rings. The van der Waals surface area contributed by atoms with Gasteiger partial charge in [-0.05, 0) is 142 Å². The molecule has 1 spiro atoms. The number of anilines is 3. The second-order valence-corrected chi connectivity index (χ2v) is 17.2. The summed E-state index contributed by atoms with van der Waals surface area (Å²) in [6, 6.07) is 57.5. The van der Waals surface area contributed by atoms with Crippen molar-refractivity contribution in [3.05, 3.63) is 163 Å². The largest absolute Gasteiger partial charge is 0.310 e. The molecule has 250 valence electrons. The molecule has 4 fully saturated rings. The Balaban J connectivity index is 0.999. The fourth-order valence-electron chi connectivity index (χ4n) is 11.8. The van der Waals surface area contributed by atoms with Gasteiger partial charge in [0.1, 0.15) is 0 Å². The van der Waals surface area contributed by atoms with Crippen LogP contribution in [0.4, 0.5) is 17.1 Å². The van der Waals surface area contributed by atoms with Crippen molar-refractivity contribution in [1.82, 2.24) is 0 Å². The van der Waals surface area contributed by atoms with E-state index in [1.807, 2.05) is 11.3 Å². The first kappa shape index (κ1) is 29.4. The van der Waals surface area contributed by atoms with Crippen molar-refractivity contribution < 1.29 is 0 Å². The molecule has 0 atom stereocenters. The third-order valence-electron chi connectivity index (χ3n) is 13.6. The molecule has 7 aromatic carbocycles. The lowest BCUT2D eigenvalue weighted by Crippen LogP contribution is -2.55. The lowest BCUT2D eigenvalue weighted by atomic mass is 9.43. The zero-order valence-electron chi connectivity index (χ0n) is 29.1. The summed E-state index contributed by atoms with van der Waals surface area (Å²) in [7, 11) is 0. The van der Waals surface area contributed by atoms with E-state index in [-0.39, 0.29) is 5.41 Å². The number of nitrogens with zero attached hydrogens (tertiary/aromatic N) is 1. The molecule has 5 aliphatic carbocycles. The molecular weight excluding hydrogens is 647 g/mol. The Morgan fingerprint density at radius 1 is 0.462 bits per heavy atom. The summed E-state index contributed by atoms with van der Waals surface area (Å²) < 4.78 is 2.65. The van der Waals surface area contributed by atoms with Crippen LogP contribution in [0.15, 0.2) is 152 Å².